The molecular weight excluding hydrogens is 272 g/mol. The summed E-state index contributed by atoms with van der Waals surface area (Å²) >= 11 is 5.99. The van der Waals surface area contributed by atoms with Gasteiger partial charge < -0.3 is 10.1 Å². The zero-order chi connectivity index (χ0) is 14.4. The quantitative estimate of drug-likeness (QED) is 0.854. The molecule has 0 fully saturated rings. The van der Waals surface area contributed by atoms with Gasteiger partial charge in [0.05, 0.1) is 0 Å². The Labute approximate surface area is 124 Å². The van der Waals surface area contributed by atoms with Gasteiger partial charge in [-0.05, 0) is 54.8 Å². The minimum absolute atomic E-state index is 0.518. The minimum Gasteiger partial charge on any atom is -0.489 e. The van der Waals surface area contributed by atoms with Gasteiger partial charge in [-0.1, -0.05) is 18.5 Å². The maximum absolute atomic E-state index is 5.99. The van der Waals surface area contributed by atoms with E-state index in [9.17, 15) is 0 Å². The molecule has 1 N–H and O–H groups in total. The summed E-state index contributed by atoms with van der Waals surface area (Å²) in [6.45, 7) is 5.54. The number of aromatic nitrogens is 1. The van der Waals surface area contributed by atoms with E-state index in [0.717, 1.165) is 40.7 Å². The van der Waals surface area contributed by atoms with Crippen LogP contribution in [0.15, 0.2) is 36.5 Å². The Morgan fingerprint density at radius 1 is 1.25 bits per heavy atom. The van der Waals surface area contributed by atoms with E-state index >= 15 is 0 Å². The van der Waals surface area contributed by atoms with Gasteiger partial charge in [0.1, 0.15) is 18.2 Å². The molecule has 0 aliphatic rings. The van der Waals surface area contributed by atoms with Crippen LogP contribution >= 0.6 is 11.6 Å². The molecule has 106 valence electrons. The summed E-state index contributed by atoms with van der Waals surface area (Å²) in [7, 11) is 0. The molecule has 0 bridgehead atoms. The SMILES string of the molecule is CCCNc1cc(COc2ccc(Cl)c(C)c2)ccn1. The summed E-state index contributed by atoms with van der Waals surface area (Å²) in [6, 6.07) is 9.65. The summed E-state index contributed by atoms with van der Waals surface area (Å²) < 4.78 is 5.77. The van der Waals surface area contributed by atoms with E-state index in [2.05, 4.69) is 17.2 Å². The number of anilines is 1. The summed E-state index contributed by atoms with van der Waals surface area (Å²) in [4.78, 5) is 4.27. The molecule has 3 nitrogen and oxygen atoms in total. The Kier molecular flexibility index (Phi) is 5.24. The second-order valence-corrected chi connectivity index (χ2v) is 5.08. The van der Waals surface area contributed by atoms with E-state index in [-0.39, 0.29) is 0 Å². The van der Waals surface area contributed by atoms with Crippen molar-refractivity contribution >= 4 is 17.4 Å². The third-order valence-electron chi connectivity index (χ3n) is 2.92. The molecule has 1 aromatic carbocycles. The first-order valence-corrected chi connectivity index (χ1v) is 7.14. The van der Waals surface area contributed by atoms with Crippen molar-refractivity contribution in [2.24, 2.45) is 0 Å². The fourth-order valence-corrected chi connectivity index (χ4v) is 1.91. The topological polar surface area (TPSA) is 34.1 Å². The first kappa shape index (κ1) is 14.7. The lowest BCUT2D eigenvalue weighted by Crippen LogP contribution is -2.03. The molecule has 0 saturated carbocycles. The summed E-state index contributed by atoms with van der Waals surface area (Å²) in [5.74, 6) is 1.71. The predicted octanol–water partition coefficient (Wildman–Crippen LogP) is 4.44. The van der Waals surface area contributed by atoms with E-state index in [4.69, 9.17) is 16.3 Å². The second-order valence-electron chi connectivity index (χ2n) is 4.68. The van der Waals surface area contributed by atoms with Gasteiger partial charge in [0, 0.05) is 17.8 Å². The van der Waals surface area contributed by atoms with Crippen molar-refractivity contribution < 1.29 is 4.74 Å². The lowest BCUT2D eigenvalue weighted by Gasteiger charge is -2.09. The van der Waals surface area contributed by atoms with E-state index in [1.165, 1.54) is 0 Å². The highest BCUT2D eigenvalue weighted by molar-refractivity contribution is 6.31. The van der Waals surface area contributed by atoms with Gasteiger partial charge in [0.25, 0.3) is 0 Å². The van der Waals surface area contributed by atoms with Crippen LogP contribution in [0.3, 0.4) is 0 Å². The van der Waals surface area contributed by atoms with Crippen LogP contribution in [0.5, 0.6) is 5.75 Å². The Morgan fingerprint density at radius 3 is 2.85 bits per heavy atom. The maximum atomic E-state index is 5.99. The van der Waals surface area contributed by atoms with Crippen molar-refractivity contribution in [3.8, 4) is 5.75 Å². The van der Waals surface area contributed by atoms with Crippen molar-refractivity contribution in [2.75, 3.05) is 11.9 Å². The third-order valence-corrected chi connectivity index (χ3v) is 3.34. The molecule has 0 spiro atoms. The van der Waals surface area contributed by atoms with Crippen LogP contribution in [0.1, 0.15) is 24.5 Å². The molecule has 0 saturated heterocycles. The number of hydrogen-bond donors (Lipinski definition) is 1. The highest BCUT2D eigenvalue weighted by Gasteiger charge is 2.01. The predicted molar refractivity (Wildman–Crippen MR) is 83.5 cm³/mol. The molecule has 0 aliphatic carbocycles. The third kappa shape index (κ3) is 4.14. The maximum Gasteiger partial charge on any atom is 0.126 e. The minimum atomic E-state index is 0.518. The molecule has 20 heavy (non-hydrogen) atoms. The Balaban J connectivity index is 1.97. The number of benzene rings is 1. The van der Waals surface area contributed by atoms with Crippen molar-refractivity contribution in [1.29, 1.82) is 0 Å². The average Bonchev–Trinajstić information content (AvgIpc) is 2.47. The number of rotatable bonds is 6. The molecule has 0 aliphatic heterocycles. The van der Waals surface area contributed by atoms with Crippen LogP contribution in [0.25, 0.3) is 0 Å². The number of ether oxygens (including phenoxy) is 1. The molecular formula is C16H19ClN2O. The van der Waals surface area contributed by atoms with E-state index < -0.39 is 0 Å². The molecule has 0 unspecified atom stereocenters. The monoisotopic (exact) mass is 290 g/mol. The first-order chi connectivity index (χ1) is 9.69. The van der Waals surface area contributed by atoms with Gasteiger partial charge in [0.15, 0.2) is 0 Å². The summed E-state index contributed by atoms with van der Waals surface area (Å²) in [6.07, 6.45) is 2.87. The van der Waals surface area contributed by atoms with Crippen LogP contribution in [-0.4, -0.2) is 11.5 Å². The molecule has 0 amide bonds. The number of nitrogens with zero attached hydrogens (tertiary/aromatic N) is 1. The van der Waals surface area contributed by atoms with Crippen molar-refractivity contribution in [3.05, 3.63) is 52.7 Å². The Hall–Kier alpha value is -1.74. The van der Waals surface area contributed by atoms with Gasteiger partial charge in [0.2, 0.25) is 0 Å². The van der Waals surface area contributed by atoms with Gasteiger partial charge in [-0.15, -0.1) is 0 Å². The highest BCUT2D eigenvalue weighted by Crippen LogP contribution is 2.22. The van der Waals surface area contributed by atoms with Gasteiger partial charge >= 0.3 is 0 Å². The van der Waals surface area contributed by atoms with Crippen molar-refractivity contribution in [2.45, 2.75) is 26.9 Å². The number of halogens is 1. The normalized spacial score (nSPS) is 10.3. The summed E-state index contributed by atoms with van der Waals surface area (Å²) in [5, 5.41) is 4.02. The molecule has 1 heterocycles. The lowest BCUT2D eigenvalue weighted by atomic mass is 10.2. The van der Waals surface area contributed by atoms with Crippen LogP contribution in [0, 0.1) is 6.92 Å². The average molecular weight is 291 g/mol. The number of pyridine rings is 1. The zero-order valence-corrected chi connectivity index (χ0v) is 12.6. The van der Waals surface area contributed by atoms with Crippen LogP contribution in [0.2, 0.25) is 5.02 Å². The highest BCUT2D eigenvalue weighted by atomic mass is 35.5. The van der Waals surface area contributed by atoms with Crippen LogP contribution < -0.4 is 10.1 Å². The first-order valence-electron chi connectivity index (χ1n) is 6.77. The lowest BCUT2D eigenvalue weighted by molar-refractivity contribution is 0.306. The Morgan fingerprint density at radius 2 is 2.10 bits per heavy atom. The standard InChI is InChI=1S/C16H19ClN2O/c1-3-7-18-16-10-13(6-8-19-16)11-20-14-4-5-15(17)12(2)9-14/h4-6,8-10H,3,7,11H2,1-2H3,(H,18,19). The largest absolute Gasteiger partial charge is 0.489 e. The smallest absolute Gasteiger partial charge is 0.126 e. The number of aryl methyl sites for hydroxylation is 1. The van der Waals surface area contributed by atoms with E-state index in [0.29, 0.717) is 6.61 Å². The van der Waals surface area contributed by atoms with Crippen molar-refractivity contribution in [1.82, 2.24) is 4.98 Å². The van der Waals surface area contributed by atoms with Gasteiger partial charge in [-0.3, -0.25) is 0 Å². The fourth-order valence-electron chi connectivity index (χ4n) is 1.79. The van der Waals surface area contributed by atoms with E-state index in [1.807, 2.05) is 37.3 Å². The molecule has 1 aromatic heterocycles. The molecule has 4 heteroatoms. The number of nitrogens with one attached hydrogen (secondary N) is 1. The zero-order valence-electron chi connectivity index (χ0n) is 11.8. The van der Waals surface area contributed by atoms with Crippen LogP contribution in [-0.2, 0) is 6.61 Å². The number of hydrogen-bond acceptors (Lipinski definition) is 3. The van der Waals surface area contributed by atoms with E-state index in [1.54, 1.807) is 6.20 Å². The molecule has 2 rings (SSSR count). The van der Waals surface area contributed by atoms with Gasteiger partial charge in [-0.2, -0.15) is 0 Å². The second kappa shape index (κ2) is 7.15. The van der Waals surface area contributed by atoms with Crippen molar-refractivity contribution in [3.63, 3.8) is 0 Å². The fraction of sp³-hybridized carbons (Fsp3) is 0.312. The van der Waals surface area contributed by atoms with Gasteiger partial charge in [-0.25, -0.2) is 4.98 Å². The molecule has 0 atom stereocenters. The van der Waals surface area contributed by atoms with Crippen LogP contribution in [0.4, 0.5) is 5.82 Å². The molecule has 2 aromatic rings. The Bertz CT molecular complexity index is 572. The summed E-state index contributed by atoms with van der Waals surface area (Å²) in [5.41, 5.74) is 2.11. The molecule has 0 radical (unpaired) electrons.